The Morgan fingerprint density at radius 1 is 1.38 bits per heavy atom. The number of nitrogens with one attached hydrogen (secondary N) is 2. The molecule has 3 aromatic rings. The lowest BCUT2D eigenvalue weighted by molar-refractivity contribution is 0.0934. The van der Waals surface area contributed by atoms with E-state index in [1.807, 2.05) is 17.5 Å². The maximum absolute atomic E-state index is 13.5. The van der Waals surface area contributed by atoms with Gasteiger partial charge in [0.2, 0.25) is 0 Å². The van der Waals surface area contributed by atoms with E-state index in [-0.39, 0.29) is 17.4 Å². The van der Waals surface area contributed by atoms with Gasteiger partial charge in [-0.05, 0) is 42.6 Å². The predicted octanol–water partition coefficient (Wildman–Crippen LogP) is 3.78. The van der Waals surface area contributed by atoms with Crippen LogP contribution in [0.4, 0.5) is 4.39 Å². The van der Waals surface area contributed by atoms with Gasteiger partial charge in [0.05, 0.1) is 23.7 Å². The summed E-state index contributed by atoms with van der Waals surface area (Å²) in [4.78, 5) is 13.4. The molecule has 124 valence electrons. The van der Waals surface area contributed by atoms with Crippen LogP contribution in [-0.2, 0) is 0 Å². The van der Waals surface area contributed by atoms with Gasteiger partial charge in [-0.3, -0.25) is 9.89 Å². The van der Waals surface area contributed by atoms with Crippen molar-refractivity contribution >= 4 is 17.2 Å². The number of carbonyl (C=O) groups excluding carboxylic acids is 1. The molecule has 0 aliphatic rings. The fourth-order valence-electron chi connectivity index (χ4n) is 2.39. The quantitative estimate of drug-likeness (QED) is 0.739. The molecule has 2 N–H and O–H groups in total. The van der Waals surface area contributed by atoms with Gasteiger partial charge in [0.25, 0.3) is 5.91 Å². The molecule has 1 unspecified atom stereocenters. The number of hydrogen-bond donors (Lipinski definition) is 2. The van der Waals surface area contributed by atoms with E-state index in [4.69, 9.17) is 4.74 Å². The van der Waals surface area contributed by atoms with Crippen LogP contribution in [0, 0.1) is 5.82 Å². The highest BCUT2D eigenvalue weighted by atomic mass is 32.1. The first kappa shape index (κ1) is 16.2. The van der Waals surface area contributed by atoms with Crippen molar-refractivity contribution in [3.8, 4) is 16.3 Å². The smallest absolute Gasteiger partial charge is 0.272 e. The van der Waals surface area contributed by atoms with Crippen LogP contribution in [0.2, 0.25) is 0 Å². The Balaban J connectivity index is 1.76. The summed E-state index contributed by atoms with van der Waals surface area (Å²) in [5, 5.41) is 11.7. The van der Waals surface area contributed by atoms with E-state index in [0.29, 0.717) is 11.3 Å². The van der Waals surface area contributed by atoms with Crippen LogP contribution < -0.4 is 10.1 Å². The molecular weight excluding hydrogens is 329 g/mol. The lowest BCUT2D eigenvalue weighted by Crippen LogP contribution is -2.27. The summed E-state index contributed by atoms with van der Waals surface area (Å²) < 4.78 is 18.7. The minimum absolute atomic E-state index is 0.278. The standard InChI is InChI=1S/C17H16FN3O2S/c1-10(12-8-11(18)5-6-15(12)23-2)19-17(22)14-9-13(20-21-14)16-4-3-7-24-16/h3-10H,1-2H3,(H,19,22)(H,20,21). The molecule has 0 spiro atoms. The van der Waals surface area contributed by atoms with Crippen molar-refractivity contribution in [1.29, 1.82) is 0 Å². The van der Waals surface area contributed by atoms with Crippen LogP contribution in [-0.4, -0.2) is 23.2 Å². The number of aromatic nitrogens is 2. The fourth-order valence-corrected chi connectivity index (χ4v) is 3.08. The highest BCUT2D eigenvalue weighted by Crippen LogP contribution is 2.26. The van der Waals surface area contributed by atoms with Crippen molar-refractivity contribution in [2.24, 2.45) is 0 Å². The minimum Gasteiger partial charge on any atom is -0.496 e. The fraction of sp³-hybridized carbons (Fsp3) is 0.176. The number of carbonyl (C=O) groups is 1. The number of aromatic amines is 1. The van der Waals surface area contributed by atoms with E-state index in [1.165, 1.54) is 25.3 Å². The number of amides is 1. The van der Waals surface area contributed by atoms with Gasteiger partial charge in [-0.15, -0.1) is 11.3 Å². The Bertz CT molecular complexity index is 845. The average molecular weight is 345 g/mol. The van der Waals surface area contributed by atoms with Crippen molar-refractivity contribution in [2.45, 2.75) is 13.0 Å². The van der Waals surface area contributed by atoms with Crippen LogP contribution in [0.5, 0.6) is 5.75 Å². The summed E-state index contributed by atoms with van der Waals surface area (Å²) >= 11 is 1.56. The van der Waals surface area contributed by atoms with E-state index >= 15 is 0 Å². The summed E-state index contributed by atoms with van der Waals surface area (Å²) in [6.45, 7) is 1.77. The van der Waals surface area contributed by atoms with Gasteiger partial charge in [0.15, 0.2) is 5.69 Å². The summed E-state index contributed by atoms with van der Waals surface area (Å²) in [6.07, 6.45) is 0. The molecule has 0 bridgehead atoms. The molecule has 1 amide bonds. The molecule has 0 radical (unpaired) electrons. The number of halogens is 1. The highest BCUT2D eigenvalue weighted by Gasteiger charge is 2.18. The Morgan fingerprint density at radius 2 is 2.21 bits per heavy atom. The molecular formula is C17H16FN3O2S. The van der Waals surface area contributed by atoms with Gasteiger partial charge >= 0.3 is 0 Å². The van der Waals surface area contributed by atoms with Crippen LogP contribution in [0.25, 0.3) is 10.6 Å². The molecule has 0 saturated carbocycles. The summed E-state index contributed by atoms with van der Waals surface area (Å²) in [6, 6.07) is 9.35. The molecule has 24 heavy (non-hydrogen) atoms. The molecule has 0 aliphatic carbocycles. The van der Waals surface area contributed by atoms with E-state index < -0.39 is 6.04 Å². The van der Waals surface area contributed by atoms with Gasteiger partial charge < -0.3 is 10.1 Å². The number of rotatable bonds is 5. The van der Waals surface area contributed by atoms with Gasteiger partial charge in [-0.1, -0.05) is 6.07 Å². The zero-order chi connectivity index (χ0) is 17.1. The van der Waals surface area contributed by atoms with Crippen molar-refractivity contribution in [2.75, 3.05) is 7.11 Å². The van der Waals surface area contributed by atoms with Crippen LogP contribution >= 0.6 is 11.3 Å². The van der Waals surface area contributed by atoms with Crippen LogP contribution in [0.1, 0.15) is 29.0 Å². The Labute approximate surface area is 142 Å². The second kappa shape index (κ2) is 6.84. The van der Waals surface area contributed by atoms with Gasteiger partial charge in [-0.25, -0.2) is 4.39 Å². The Kier molecular flexibility index (Phi) is 4.61. The van der Waals surface area contributed by atoms with E-state index in [9.17, 15) is 9.18 Å². The first-order chi connectivity index (χ1) is 11.6. The number of hydrogen-bond acceptors (Lipinski definition) is 4. The van der Waals surface area contributed by atoms with E-state index in [0.717, 1.165) is 10.6 Å². The number of methoxy groups -OCH3 is 1. The summed E-state index contributed by atoms with van der Waals surface area (Å²) in [5.41, 5.74) is 1.63. The normalized spacial score (nSPS) is 12.0. The maximum atomic E-state index is 13.5. The lowest BCUT2D eigenvalue weighted by atomic mass is 10.1. The first-order valence-corrected chi connectivity index (χ1v) is 8.20. The average Bonchev–Trinajstić information content (AvgIpc) is 3.25. The zero-order valence-corrected chi connectivity index (χ0v) is 14.0. The third-order valence-electron chi connectivity index (χ3n) is 3.60. The monoisotopic (exact) mass is 345 g/mol. The molecule has 1 aromatic carbocycles. The second-order valence-electron chi connectivity index (χ2n) is 5.23. The van der Waals surface area contributed by atoms with Gasteiger partial charge in [-0.2, -0.15) is 5.10 Å². The molecule has 3 rings (SSSR count). The molecule has 2 aromatic heterocycles. The maximum Gasteiger partial charge on any atom is 0.272 e. The van der Waals surface area contributed by atoms with E-state index in [1.54, 1.807) is 24.3 Å². The molecule has 0 fully saturated rings. The SMILES string of the molecule is COc1ccc(F)cc1C(C)NC(=O)c1cc(-c2cccs2)[nH]n1. The minimum atomic E-state index is -0.426. The Morgan fingerprint density at radius 3 is 2.92 bits per heavy atom. The lowest BCUT2D eigenvalue weighted by Gasteiger charge is -2.16. The van der Waals surface area contributed by atoms with Crippen LogP contribution in [0.3, 0.4) is 0 Å². The van der Waals surface area contributed by atoms with Crippen molar-refractivity contribution in [1.82, 2.24) is 15.5 Å². The predicted molar refractivity (Wildman–Crippen MR) is 90.7 cm³/mol. The molecule has 0 saturated heterocycles. The summed E-state index contributed by atoms with van der Waals surface area (Å²) in [7, 11) is 1.51. The number of thiophene rings is 1. The highest BCUT2D eigenvalue weighted by molar-refractivity contribution is 7.13. The number of H-pyrrole nitrogens is 1. The van der Waals surface area contributed by atoms with Crippen molar-refractivity contribution in [3.63, 3.8) is 0 Å². The molecule has 7 heteroatoms. The third kappa shape index (κ3) is 3.30. The molecule has 0 aliphatic heterocycles. The number of benzene rings is 1. The topological polar surface area (TPSA) is 67.0 Å². The largest absolute Gasteiger partial charge is 0.496 e. The van der Waals surface area contributed by atoms with Crippen molar-refractivity contribution < 1.29 is 13.9 Å². The van der Waals surface area contributed by atoms with Crippen LogP contribution in [0.15, 0.2) is 41.8 Å². The third-order valence-corrected chi connectivity index (χ3v) is 4.51. The van der Waals surface area contributed by atoms with Crippen molar-refractivity contribution in [3.05, 3.63) is 58.9 Å². The molecule has 2 heterocycles. The number of ether oxygens (including phenoxy) is 1. The second-order valence-corrected chi connectivity index (χ2v) is 6.17. The van der Waals surface area contributed by atoms with E-state index in [2.05, 4.69) is 15.5 Å². The summed E-state index contributed by atoms with van der Waals surface area (Å²) in [5.74, 6) is -0.204. The zero-order valence-electron chi connectivity index (χ0n) is 13.2. The molecule has 1 atom stereocenters. The first-order valence-electron chi connectivity index (χ1n) is 7.32. The van der Waals surface area contributed by atoms with Gasteiger partial charge in [0, 0.05) is 5.56 Å². The van der Waals surface area contributed by atoms with Gasteiger partial charge in [0.1, 0.15) is 11.6 Å². The molecule has 5 nitrogen and oxygen atoms in total. The Hall–Kier alpha value is -2.67. The number of nitrogens with zero attached hydrogens (tertiary/aromatic N) is 1.